The molecule has 0 unspecified atom stereocenters. The molecule has 142 valence electrons. The van der Waals surface area contributed by atoms with Crippen LogP contribution in [-0.4, -0.2) is 25.6 Å². The van der Waals surface area contributed by atoms with Crippen LogP contribution in [0.5, 0.6) is 5.75 Å². The number of halogens is 1. The standard InChI is InChI=1S/C21H22ClNO4/c1-14(2)16-7-4-15(5-8-16)6-11-21(25)27-13-20(24)23-17-9-10-19(26-3)18(22)12-17/h4-12,14H,13H2,1-3H3,(H,23,24)/b11-6+. The molecule has 0 atom stereocenters. The van der Waals surface area contributed by atoms with Gasteiger partial charge in [0.25, 0.3) is 5.91 Å². The summed E-state index contributed by atoms with van der Waals surface area (Å²) in [5.41, 5.74) is 2.60. The van der Waals surface area contributed by atoms with E-state index < -0.39 is 11.9 Å². The minimum absolute atomic E-state index is 0.374. The molecule has 27 heavy (non-hydrogen) atoms. The second-order valence-electron chi connectivity index (χ2n) is 6.16. The van der Waals surface area contributed by atoms with Gasteiger partial charge in [-0.2, -0.15) is 0 Å². The first-order valence-corrected chi connectivity index (χ1v) is 8.85. The lowest BCUT2D eigenvalue weighted by atomic mass is 10.0. The molecular formula is C21H22ClNO4. The molecule has 0 saturated heterocycles. The summed E-state index contributed by atoms with van der Waals surface area (Å²) in [7, 11) is 1.51. The van der Waals surface area contributed by atoms with E-state index >= 15 is 0 Å². The number of ether oxygens (including phenoxy) is 2. The summed E-state index contributed by atoms with van der Waals surface area (Å²) in [5.74, 6) is -0.0927. The van der Waals surface area contributed by atoms with Crippen LogP contribution in [0.25, 0.3) is 6.08 Å². The fourth-order valence-corrected chi connectivity index (χ4v) is 2.54. The van der Waals surface area contributed by atoms with Crippen LogP contribution < -0.4 is 10.1 Å². The van der Waals surface area contributed by atoms with Gasteiger partial charge in [0.05, 0.1) is 12.1 Å². The van der Waals surface area contributed by atoms with Crippen molar-refractivity contribution in [3.05, 3.63) is 64.7 Å². The highest BCUT2D eigenvalue weighted by Gasteiger charge is 2.08. The molecule has 0 aromatic heterocycles. The normalized spacial score (nSPS) is 10.9. The topological polar surface area (TPSA) is 64.6 Å². The largest absolute Gasteiger partial charge is 0.495 e. The number of nitrogens with one attached hydrogen (secondary N) is 1. The summed E-state index contributed by atoms with van der Waals surface area (Å²) < 4.78 is 9.98. The first-order chi connectivity index (χ1) is 12.9. The van der Waals surface area contributed by atoms with Crippen molar-refractivity contribution >= 4 is 35.2 Å². The molecule has 5 nitrogen and oxygen atoms in total. The molecule has 2 aromatic carbocycles. The summed E-state index contributed by atoms with van der Waals surface area (Å²) in [4.78, 5) is 23.6. The third-order valence-corrected chi connectivity index (χ3v) is 4.09. The predicted molar refractivity (Wildman–Crippen MR) is 107 cm³/mol. The fourth-order valence-electron chi connectivity index (χ4n) is 2.28. The van der Waals surface area contributed by atoms with Crippen molar-refractivity contribution < 1.29 is 19.1 Å². The van der Waals surface area contributed by atoms with Crippen molar-refractivity contribution in [2.45, 2.75) is 19.8 Å². The van der Waals surface area contributed by atoms with E-state index in [1.807, 2.05) is 24.3 Å². The van der Waals surface area contributed by atoms with E-state index in [1.165, 1.54) is 18.7 Å². The van der Waals surface area contributed by atoms with Crippen LogP contribution >= 0.6 is 11.6 Å². The van der Waals surface area contributed by atoms with Crippen LogP contribution in [-0.2, 0) is 14.3 Å². The van der Waals surface area contributed by atoms with Gasteiger partial charge in [-0.1, -0.05) is 49.7 Å². The number of amides is 1. The number of rotatable bonds is 7. The SMILES string of the molecule is COc1ccc(NC(=O)COC(=O)/C=C/c2ccc(C(C)C)cc2)cc1Cl. The number of carbonyl (C=O) groups is 2. The Morgan fingerprint density at radius 2 is 1.85 bits per heavy atom. The van der Waals surface area contributed by atoms with Crippen LogP contribution in [0.4, 0.5) is 5.69 Å². The Labute approximate surface area is 163 Å². The molecule has 0 aliphatic rings. The molecule has 2 aromatic rings. The Hall–Kier alpha value is -2.79. The lowest BCUT2D eigenvalue weighted by molar-refractivity contribution is -0.142. The monoisotopic (exact) mass is 387 g/mol. The molecule has 6 heteroatoms. The number of methoxy groups -OCH3 is 1. The van der Waals surface area contributed by atoms with Gasteiger partial charge >= 0.3 is 5.97 Å². The number of hydrogen-bond donors (Lipinski definition) is 1. The van der Waals surface area contributed by atoms with Gasteiger partial charge in [0.1, 0.15) is 5.75 Å². The van der Waals surface area contributed by atoms with Crippen LogP contribution in [0.1, 0.15) is 30.9 Å². The third-order valence-electron chi connectivity index (χ3n) is 3.80. The van der Waals surface area contributed by atoms with Gasteiger partial charge < -0.3 is 14.8 Å². The van der Waals surface area contributed by atoms with E-state index in [9.17, 15) is 9.59 Å². The Morgan fingerprint density at radius 1 is 1.15 bits per heavy atom. The number of esters is 1. The van der Waals surface area contributed by atoms with E-state index in [1.54, 1.807) is 24.3 Å². The molecule has 1 amide bonds. The molecule has 1 N–H and O–H groups in total. The minimum atomic E-state index is -0.592. The Balaban J connectivity index is 1.82. The molecule has 2 rings (SSSR count). The average molecular weight is 388 g/mol. The highest BCUT2D eigenvalue weighted by atomic mass is 35.5. The van der Waals surface area contributed by atoms with Crippen molar-refractivity contribution in [3.8, 4) is 5.75 Å². The zero-order valence-corrected chi connectivity index (χ0v) is 16.2. The third kappa shape index (κ3) is 6.46. The molecule has 0 heterocycles. The first-order valence-electron chi connectivity index (χ1n) is 8.47. The summed E-state index contributed by atoms with van der Waals surface area (Å²) in [6.07, 6.45) is 2.94. The predicted octanol–water partition coefficient (Wildman–Crippen LogP) is 4.67. The quantitative estimate of drug-likeness (QED) is 0.554. The minimum Gasteiger partial charge on any atom is -0.495 e. The van der Waals surface area contributed by atoms with Crippen molar-refractivity contribution in [2.75, 3.05) is 19.0 Å². The molecular weight excluding hydrogens is 366 g/mol. The van der Waals surface area contributed by atoms with Crippen LogP contribution in [0.15, 0.2) is 48.5 Å². The maximum absolute atomic E-state index is 11.9. The maximum atomic E-state index is 11.9. The van der Waals surface area contributed by atoms with Crippen molar-refractivity contribution in [2.24, 2.45) is 0 Å². The highest BCUT2D eigenvalue weighted by Crippen LogP contribution is 2.27. The molecule has 0 radical (unpaired) electrons. The van der Waals surface area contributed by atoms with E-state index in [4.69, 9.17) is 21.1 Å². The summed E-state index contributed by atoms with van der Waals surface area (Å²) in [5, 5.41) is 2.97. The van der Waals surface area contributed by atoms with Gasteiger partial charge in [0.15, 0.2) is 6.61 Å². The second kappa shape index (κ2) is 9.78. The molecule has 0 saturated carbocycles. The molecule has 0 aliphatic heterocycles. The summed E-state index contributed by atoms with van der Waals surface area (Å²) >= 11 is 6.00. The second-order valence-corrected chi connectivity index (χ2v) is 6.57. The van der Waals surface area contributed by atoms with Crippen LogP contribution in [0, 0.1) is 0 Å². The number of benzene rings is 2. The van der Waals surface area contributed by atoms with Crippen LogP contribution in [0.2, 0.25) is 5.02 Å². The highest BCUT2D eigenvalue weighted by molar-refractivity contribution is 6.32. The fraction of sp³-hybridized carbons (Fsp3) is 0.238. The average Bonchev–Trinajstić information content (AvgIpc) is 2.65. The molecule has 0 spiro atoms. The van der Waals surface area contributed by atoms with Crippen molar-refractivity contribution in [3.63, 3.8) is 0 Å². The van der Waals surface area contributed by atoms with E-state index in [-0.39, 0.29) is 6.61 Å². The van der Waals surface area contributed by atoms with E-state index in [2.05, 4.69) is 19.2 Å². The Bertz CT molecular complexity index is 829. The number of carbonyl (C=O) groups excluding carboxylic acids is 2. The number of anilines is 1. The summed E-state index contributed by atoms with van der Waals surface area (Å²) in [6, 6.07) is 12.7. The summed E-state index contributed by atoms with van der Waals surface area (Å²) in [6.45, 7) is 3.85. The Morgan fingerprint density at radius 3 is 2.44 bits per heavy atom. The lowest BCUT2D eigenvalue weighted by Crippen LogP contribution is -2.20. The van der Waals surface area contributed by atoms with Gasteiger partial charge in [-0.25, -0.2) is 4.79 Å². The van der Waals surface area contributed by atoms with Crippen molar-refractivity contribution in [1.82, 2.24) is 0 Å². The zero-order valence-electron chi connectivity index (χ0n) is 15.5. The molecule has 0 aliphatic carbocycles. The van der Waals surface area contributed by atoms with E-state index in [0.29, 0.717) is 22.4 Å². The van der Waals surface area contributed by atoms with Crippen molar-refractivity contribution in [1.29, 1.82) is 0 Å². The maximum Gasteiger partial charge on any atom is 0.331 e. The van der Waals surface area contributed by atoms with E-state index in [0.717, 1.165) is 5.56 Å². The van der Waals surface area contributed by atoms with Gasteiger partial charge in [0, 0.05) is 11.8 Å². The van der Waals surface area contributed by atoms with Gasteiger partial charge in [-0.3, -0.25) is 4.79 Å². The first kappa shape index (κ1) is 20.5. The lowest BCUT2D eigenvalue weighted by Gasteiger charge is -2.08. The van der Waals surface area contributed by atoms with Gasteiger partial charge in [0.2, 0.25) is 0 Å². The number of hydrogen-bond acceptors (Lipinski definition) is 4. The molecule has 0 bridgehead atoms. The zero-order chi connectivity index (χ0) is 19.8. The van der Waals surface area contributed by atoms with Crippen LogP contribution in [0.3, 0.4) is 0 Å². The molecule has 0 fully saturated rings. The van der Waals surface area contributed by atoms with Gasteiger partial charge in [-0.05, 0) is 41.3 Å². The smallest absolute Gasteiger partial charge is 0.331 e. The van der Waals surface area contributed by atoms with Gasteiger partial charge in [-0.15, -0.1) is 0 Å². The Kier molecular flexibility index (Phi) is 7.44.